The molecule has 7 heteroatoms. The van der Waals surface area contributed by atoms with Gasteiger partial charge in [-0.15, -0.1) is 0 Å². The van der Waals surface area contributed by atoms with Crippen molar-refractivity contribution in [3.8, 4) is 0 Å². The second-order valence-electron chi connectivity index (χ2n) is 9.58. The molecule has 0 aromatic heterocycles. The summed E-state index contributed by atoms with van der Waals surface area (Å²) in [6, 6.07) is 0.373. The third kappa shape index (κ3) is 1.85. The summed E-state index contributed by atoms with van der Waals surface area (Å²) in [6.45, 7) is 6.95. The van der Waals surface area contributed by atoms with Gasteiger partial charge in [0.1, 0.15) is 5.76 Å². The number of methoxy groups -OCH3 is 1. The zero-order valence-electron chi connectivity index (χ0n) is 17.4. The van der Waals surface area contributed by atoms with Crippen LogP contribution in [-0.4, -0.2) is 59.2 Å². The van der Waals surface area contributed by atoms with Gasteiger partial charge in [-0.3, -0.25) is 4.90 Å². The van der Waals surface area contributed by atoms with Crippen molar-refractivity contribution >= 4 is 5.97 Å². The number of hydrogen-bond donors (Lipinski definition) is 1. The maximum absolute atomic E-state index is 12.2. The molecule has 29 heavy (non-hydrogen) atoms. The van der Waals surface area contributed by atoms with Crippen molar-refractivity contribution in [3.05, 3.63) is 22.9 Å². The van der Waals surface area contributed by atoms with Crippen LogP contribution in [0.1, 0.15) is 46.5 Å². The van der Waals surface area contributed by atoms with Crippen molar-refractivity contribution in [2.75, 3.05) is 13.7 Å². The number of cyclic esters (lactones) is 1. The van der Waals surface area contributed by atoms with Crippen molar-refractivity contribution in [2.24, 2.45) is 17.8 Å². The quantitative estimate of drug-likeness (QED) is 0.720. The van der Waals surface area contributed by atoms with Crippen LogP contribution in [0.25, 0.3) is 0 Å². The third-order valence-electron chi connectivity index (χ3n) is 8.63. The summed E-state index contributed by atoms with van der Waals surface area (Å²) >= 11 is 0. The van der Waals surface area contributed by atoms with Crippen molar-refractivity contribution in [1.29, 1.82) is 0 Å². The number of ether oxygens (including phenoxy) is 4. The number of fused-ring (bicyclic) bond motifs is 1. The van der Waals surface area contributed by atoms with E-state index in [-0.39, 0.29) is 41.5 Å². The molecule has 1 spiro atoms. The number of carbonyl (C=O) groups excluding carboxylic acids is 1. The summed E-state index contributed by atoms with van der Waals surface area (Å²) in [4.78, 5) is 14.8. The van der Waals surface area contributed by atoms with Crippen LogP contribution in [0.4, 0.5) is 0 Å². The van der Waals surface area contributed by atoms with E-state index in [0.717, 1.165) is 32.2 Å². The van der Waals surface area contributed by atoms with E-state index < -0.39 is 5.79 Å². The minimum absolute atomic E-state index is 0.0649. The molecule has 5 saturated heterocycles. The normalized spacial score (nSPS) is 52.2. The fourth-order valence-electron chi connectivity index (χ4n) is 7.61. The Morgan fingerprint density at radius 3 is 2.93 bits per heavy atom. The lowest BCUT2D eigenvalue weighted by Crippen LogP contribution is -2.61. The molecule has 6 aliphatic rings. The van der Waals surface area contributed by atoms with Crippen molar-refractivity contribution in [2.45, 2.75) is 76.0 Å². The molecule has 0 aliphatic carbocycles. The van der Waals surface area contributed by atoms with E-state index in [1.54, 1.807) is 14.0 Å². The van der Waals surface area contributed by atoms with Gasteiger partial charge in [0, 0.05) is 17.9 Å². The van der Waals surface area contributed by atoms with Crippen LogP contribution >= 0.6 is 0 Å². The fourth-order valence-corrected chi connectivity index (χ4v) is 7.61. The first-order chi connectivity index (χ1) is 13.9. The standard InChI is InChI=1S/C22H29NO6/c1-5-12(24)9-21-14-6-7-23(21)13-8-15(21)28-22(14)16(13)10(2)18(29-22)19-17(26-4)11(3)20(25)27-19/h10,12-16,24H,5-9H2,1-4H3/b19-18+/t10-,12-,13-,14+,15+,16+,21-,22+/m0/s1. The molecule has 6 rings (SSSR count). The first-order valence-corrected chi connectivity index (χ1v) is 10.9. The molecule has 0 aromatic rings. The first-order valence-electron chi connectivity index (χ1n) is 10.9. The Bertz CT molecular complexity index is 865. The van der Waals surface area contributed by atoms with Crippen molar-refractivity contribution < 1.29 is 28.8 Å². The molecule has 6 heterocycles. The summed E-state index contributed by atoms with van der Waals surface area (Å²) in [5.74, 6) is 0.990. The second kappa shape index (κ2) is 5.56. The topological polar surface area (TPSA) is 77.5 Å². The van der Waals surface area contributed by atoms with E-state index >= 15 is 0 Å². The highest BCUT2D eigenvalue weighted by Gasteiger charge is 2.84. The maximum Gasteiger partial charge on any atom is 0.343 e. The van der Waals surface area contributed by atoms with Gasteiger partial charge >= 0.3 is 5.97 Å². The van der Waals surface area contributed by atoms with Crippen molar-refractivity contribution in [1.82, 2.24) is 4.90 Å². The summed E-state index contributed by atoms with van der Waals surface area (Å²) in [5, 5.41) is 10.6. The van der Waals surface area contributed by atoms with Gasteiger partial charge in [0.05, 0.1) is 36.3 Å². The lowest BCUT2D eigenvalue weighted by atomic mass is 9.69. The molecule has 5 fully saturated rings. The molecular formula is C22H29NO6. The van der Waals surface area contributed by atoms with Gasteiger partial charge in [0.15, 0.2) is 5.76 Å². The average molecular weight is 403 g/mol. The Labute approximate surface area is 170 Å². The zero-order chi connectivity index (χ0) is 20.3. The number of hydrogen-bond acceptors (Lipinski definition) is 7. The van der Waals surface area contributed by atoms with Crippen LogP contribution < -0.4 is 0 Å². The molecule has 9 atom stereocenters. The van der Waals surface area contributed by atoms with E-state index in [0.29, 0.717) is 28.9 Å². The molecule has 5 bridgehead atoms. The number of aliphatic hydroxyl groups excluding tert-OH is 1. The van der Waals surface area contributed by atoms with E-state index in [9.17, 15) is 9.90 Å². The summed E-state index contributed by atoms with van der Waals surface area (Å²) < 4.78 is 24.5. The lowest BCUT2D eigenvalue weighted by molar-refractivity contribution is -0.256. The molecule has 1 unspecified atom stereocenters. The molecule has 0 saturated carbocycles. The van der Waals surface area contributed by atoms with Gasteiger partial charge in [-0.05, 0) is 39.2 Å². The molecule has 0 aromatic carbocycles. The van der Waals surface area contributed by atoms with E-state index in [4.69, 9.17) is 18.9 Å². The zero-order valence-corrected chi connectivity index (χ0v) is 17.4. The highest BCUT2D eigenvalue weighted by Crippen LogP contribution is 2.73. The number of esters is 1. The van der Waals surface area contributed by atoms with Crippen LogP contribution in [0.15, 0.2) is 22.9 Å². The van der Waals surface area contributed by atoms with Crippen LogP contribution in [0.3, 0.4) is 0 Å². The summed E-state index contributed by atoms with van der Waals surface area (Å²) in [6.07, 6.45) is 3.26. The SMILES string of the molecule is CC[C@H](O)C[C@@]12[C@H]3C[C@H]4[C@H]5[C@H](C)/C(=C6\OC(=O)C(C)=C6OC)O[C@]5(O3)[C@@H]1CCN42. The van der Waals surface area contributed by atoms with Crippen LogP contribution in [0, 0.1) is 17.8 Å². The van der Waals surface area contributed by atoms with Gasteiger partial charge in [-0.25, -0.2) is 4.79 Å². The average Bonchev–Trinajstić information content (AvgIpc) is 3.40. The molecule has 158 valence electrons. The van der Waals surface area contributed by atoms with E-state index in [1.165, 1.54) is 0 Å². The minimum Gasteiger partial charge on any atom is -0.492 e. The third-order valence-corrected chi connectivity index (χ3v) is 8.63. The Morgan fingerprint density at radius 1 is 1.41 bits per heavy atom. The van der Waals surface area contributed by atoms with Gasteiger partial charge in [0.2, 0.25) is 11.5 Å². The van der Waals surface area contributed by atoms with Crippen LogP contribution in [-0.2, 0) is 23.7 Å². The molecule has 6 aliphatic heterocycles. The highest BCUT2D eigenvalue weighted by atomic mass is 16.7. The predicted molar refractivity (Wildman–Crippen MR) is 101 cm³/mol. The number of aliphatic hydroxyl groups is 1. The largest absolute Gasteiger partial charge is 0.492 e. The number of allylic oxidation sites excluding steroid dienone is 1. The fraction of sp³-hybridized carbons (Fsp3) is 0.773. The molecular weight excluding hydrogens is 374 g/mol. The van der Waals surface area contributed by atoms with E-state index in [1.807, 2.05) is 6.92 Å². The van der Waals surface area contributed by atoms with Gasteiger partial charge < -0.3 is 24.1 Å². The Morgan fingerprint density at radius 2 is 2.21 bits per heavy atom. The number of rotatable bonds is 4. The number of nitrogens with zero attached hydrogens (tertiary/aromatic N) is 1. The molecule has 7 nitrogen and oxygen atoms in total. The van der Waals surface area contributed by atoms with Gasteiger partial charge in [-0.1, -0.05) is 13.8 Å². The van der Waals surface area contributed by atoms with Gasteiger partial charge in [0.25, 0.3) is 0 Å². The Kier molecular flexibility index (Phi) is 3.49. The van der Waals surface area contributed by atoms with Gasteiger partial charge in [-0.2, -0.15) is 0 Å². The smallest absolute Gasteiger partial charge is 0.343 e. The Balaban J connectivity index is 1.46. The number of carbonyl (C=O) groups is 1. The molecule has 0 radical (unpaired) electrons. The Hall–Kier alpha value is -1.57. The second-order valence-corrected chi connectivity index (χ2v) is 9.58. The highest BCUT2D eigenvalue weighted by molar-refractivity contribution is 5.93. The molecule has 1 N–H and O–H groups in total. The minimum atomic E-state index is -0.683. The first kappa shape index (κ1) is 18.2. The maximum atomic E-state index is 12.2. The number of piperidine rings is 1. The summed E-state index contributed by atoms with van der Waals surface area (Å²) in [5.41, 5.74) is 0.346. The molecule has 0 amide bonds. The predicted octanol–water partition coefficient (Wildman–Crippen LogP) is 2.06. The van der Waals surface area contributed by atoms with Crippen molar-refractivity contribution in [3.63, 3.8) is 0 Å². The summed E-state index contributed by atoms with van der Waals surface area (Å²) in [7, 11) is 1.56. The monoisotopic (exact) mass is 403 g/mol. The lowest BCUT2D eigenvalue weighted by Gasteiger charge is -2.48. The van der Waals surface area contributed by atoms with Crippen LogP contribution in [0.5, 0.6) is 0 Å². The van der Waals surface area contributed by atoms with E-state index in [2.05, 4.69) is 11.8 Å². The van der Waals surface area contributed by atoms with Crippen LogP contribution in [0.2, 0.25) is 0 Å².